The monoisotopic (exact) mass is 257 g/mol. The van der Waals surface area contributed by atoms with Crippen molar-refractivity contribution in [2.75, 3.05) is 0 Å². The molecule has 1 aliphatic rings. The Balaban J connectivity index is 2.41. The van der Waals surface area contributed by atoms with Crippen molar-refractivity contribution < 1.29 is 19.5 Å². The van der Waals surface area contributed by atoms with Gasteiger partial charge in [-0.05, 0) is 25.2 Å². The normalized spacial score (nSPS) is 24.3. The van der Waals surface area contributed by atoms with E-state index in [4.69, 9.17) is 10.8 Å². The molecule has 7 heteroatoms. The summed E-state index contributed by atoms with van der Waals surface area (Å²) in [6.07, 6.45) is 2.42. The summed E-state index contributed by atoms with van der Waals surface area (Å²) in [6, 6.07) is -1.77. The van der Waals surface area contributed by atoms with Crippen LogP contribution in [0.1, 0.15) is 32.6 Å². The maximum Gasteiger partial charge on any atom is 0.326 e. The van der Waals surface area contributed by atoms with E-state index in [0.717, 1.165) is 19.3 Å². The molecule has 102 valence electrons. The average Bonchev–Trinajstić information content (AvgIpc) is 2.62. The van der Waals surface area contributed by atoms with Gasteiger partial charge in [0.05, 0.1) is 6.42 Å². The van der Waals surface area contributed by atoms with Gasteiger partial charge in [0.2, 0.25) is 5.91 Å². The molecule has 1 fully saturated rings. The number of carboxylic acid groups (broad SMARTS) is 1. The van der Waals surface area contributed by atoms with Crippen LogP contribution in [-0.2, 0) is 9.59 Å². The number of nitrogens with one attached hydrogen (secondary N) is 2. The van der Waals surface area contributed by atoms with Gasteiger partial charge in [0.25, 0.3) is 0 Å². The lowest BCUT2D eigenvalue weighted by Crippen LogP contribution is -2.49. The highest BCUT2D eigenvalue weighted by molar-refractivity contribution is 5.87. The summed E-state index contributed by atoms with van der Waals surface area (Å²) in [4.78, 5) is 33.0. The molecule has 0 radical (unpaired) electrons. The van der Waals surface area contributed by atoms with Gasteiger partial charge in [0.1, 0.15) is 6.04 Å². The van der Waals surface area contributed by atoms with Gasteiger partial charge in [-0.3, -0.25) is 4.79 Å². The Bertz CT molecular complexity index is 345. The molecule has 0 bridgehead atoms. The molecule has 1 rings (SSSR count). The van der Waals surface area contributed by atoms with Gasteiger partial charge in [-0.15, -0.1) is 0 Å². The first-order valence-electron chi connectivity index (χ1n) is 5.96. The molecule has 3 atom stereocenters. The van der Waals surface area contributed by atoms with E-state index in [1.165, 1.54) is 0 Å². The minimum absolute atomic E-state index is 0.0722. The van der Waals surface area contributed by atoms with Crippen LogP contribution in [0.2, 0.25) is 0 Å². The quantitative estimate of drug-likeness (QED) is 0.545. The molecule has 0 aliphatic heterocycles. The maximum absolute atomic E-state index is 11.6. The highest BCUT2D eigenvalue weighted by Crippen LogP contribution is 2.24. The van der Waals surface area contributed by atoms with Crippen LogP contribution in [0.15, 0.2) is 0 Å². The summed E-state index contributed by atoms with van der Waals surface area (Å²) >= 11 is 0. The molecule has 5 N–H and O–H groups in total. The summed E-state index contributed by atoms with van der Waals surface area (Å²) in [5.41, 5.74) is 4.91. The average molecular weight is 257 g/mol. The SMILES string of the molecule is CC1CCC(NC(=O)N[C@@H](CC(N)=O)C(=O)O)C1. The van der Waals surface area contributed by atoms with E-state index in [2.05, 4.69) is 17.6 Å². The zero-order valence-electron chi connectivity index (χ0n) is 10.3. The second-order valence-corrected chi connectivity index (χ2v) is 4.79. The lowest BCUT2D eigenvalue weighted by atomic mass is 10.1. The first-order chi connectivity index (χ1) is 8.38. The summed E-state index contributed by atoms with van der Waals surface area (Å²) in [5, 5.41) is 13.8. The molecule has 3 amide bonds. The van der Waals surface area contributed by atoms with Crippen molar-refractivity contribution in [3.8, 4) is 0 Å². The summed E-state index contributed by atoms with van der Waals surface area (Å²) in [7, 11) is 0. The number of carbonyl (C=O) groups is 3. The van der Waals surface area contributed by atoms with E-state index < -0.39 is 30.4 Å². The highest BCUT2D eigenvalue weighted by atomic mass is 16.4. The lowest BCUT2D eigenvalue weighted by Gasteiger charge is -2.17. The van der Waals surface area contributed by atoms with E-state index in [0.29, 0.717) is 5.92 Å². The number of primary amides is 1. The molecule has 0 saturated heterocycles. The molecule has 0 aromatic rings. The molecule has 2 unspecified atom stereocenters. The van der Waals surface area contributed by atoms with Gasteiger partial charge in [-0.1, -0.05) is 6.92 Å². The smallest absolute Gasteiger partial charge is 0.326 e. The molecular weight excluding hydrogens is 238 g/mol. The van der Waals surface area contributed by atoms with E-state index in [9.17, 15) is 14.4 Å². The van der Waals surface area contributed by atoms with E-state index in [1.807, 2.05) is 0 Å². The van der Waals surface area contributed by atoms with Crippen LogP contribution in [0.3, 0.4) is 0 Å². The third-order valence-corrected chi connectivity index (χ3v) is 3.04. The van der Waals surface area contributed by atoms with Crippen molar-refractivity contribution in [1.29, 1.82) is 0 Å². The summed E-state index contributed by atoms with van der Waals surface area (Å²) in [6.45, 7) is 2.10. The van der Waals surface area contributed by atoms with Crippen LogP contribution in [0.5, 0.6) is 0 Å². The molecule has 0 aromatic heterocycles. The van der Waals surface area contributed by atoms with E-state index >= 15 is 0 Å². The van der Waals surface area contributed by atoms with Crippen LogP contribution in [0.25, 0.3) is 0 Å². The zero-order valence-corrected chi connectivity index (χ0v) is 10.3. The number of carboxylic acids is 1. The number of hydrogen-bond acceptors (Lipinski definition) is 3. The van der Waals surface area contributed by atoms with E-state index in [-0.39, 0.29) is 6.04 Å². The van der Waals surface area contributed by atoms with Crippen molar-refractivity contribution in [1.82, 2.24) is 10.6 Å². The van der Waals surface area contributed by atoms with Crippen LogP contribution in [0.4, 0.5) is 4.79 Å². The lowest BCUT2D eigenvalue weighted by molar-refractivity contribution is -0.140. The van der Waals surface area contributed by atoms with Crippen molar-refractivity contribution >= 4 is 17.9 Å². The van der Waals surface area contributed by atoms with Gasteiger partial charge in [0, 0.05) is 6.04 Å². The second kappa shape index (κ2) is 6.23. The van der Waals surface area contributed by atoms with Gasteiger partial charge in [0.15, 0.2) is 0 Å². The van der Waals surface area contributed by atoms with Crippen LogP contribution in [-0.4, -0.2) is 35.1 Å². The molecule has 1 aliphatic carbocycles. The number of amides is 3. The Morgan fingerprint density at radius 1 is 1.39 bits per heavy atom. The Kier molecular flexibility index (Phi) is 4.94. The topological polar surface area (TPSA) is 122 Å². The fraction of sp³-hybridized carbons (Fsp3) is 0.727. The second-order valence-electron chi connectivity index (χ2n) is 4.79. The maximum atomic E-state index is 11.6. The summed E-state index contributed by atoms with van der Waals surface area (Å²) in [5.74, 6) is -1.47. The Morgan fingerprint density at radius 3 is 2.50 bits per heavy atom. The Labute approximate surface area is 105 Å². The number of carbonyl (C=O) groups excluding carboxylic acids is 2. The largest absolute Gasteiger partial charge is 0.480 e. The van der Waals surface area contributed by atoms with Crippen molar-refractivity contribution in [2.45, 2.75) is 44.7 Å². The predicted molar refractivity (Wildman–Crippen MR) is 63.7 cm³/mol. The van der Waals surface area contributed by atoms with Crippen LogP contribution < -0.4 is 16.4 Å². The number of hydrogen-bond donors (Lipinski definition) is 4. The molecule has 1 saturated carbocycles. The van der Waals surface area contributed by atoms with Crippen molar-refractivity contribution in [3.05, 3.63) is 0 Å². The molecule has 7 nitrogen and oxygen atoms in total. The first-order valence-corrected chi connectivity index (χ1v) is 5.96. The van der Waals surface area contributed by atoms with Crippen LogP contribution in [0, 0.1) is 5.92 Å². The third-order valence-electron chi connectivity index (χ3n) is 3.04. The molecule has 0 spiro atoms. The molecule has 0 aromatic carbocycles. The summed E-state index contributed by atoms with van der Waals surface area (Å²) < 4.78 is 0. The van der Waals surface area contributed by atoms with Crippen LogP contribution >= 0.6 is 0 Å². The Hall–Kier alpha value is -1.79. The number of urea groups is 1. The fourth-order valence-corrected chi connectivity index (χ4v) is 2.12. The van der Waals surface area contributed by atoms with Crippen molar-refractivity contribution in [2.24, 2.45) is 11.7 Å². The van der Waals surface area contributed by atoms with Gasteiger partial charge >= 0.3 is 12.0 Å². The van der Waals surface area contributed by atoms with Gasteiger partial charge < -0.3 is 21.5 Å². The molecule has 18 heavy (non-hydrogen) atoms. The minimum Gasteiger partial charge on any atom is -0.480 e. The number of nitrogens with two attached hydrogens (primary N) is 1. The first kappa shape index (κ1) is 14.3. The zero-order chi connectivity index (χ0) is 13.7. The number of aliphatic carboxylic acids is 1. The third kappa shape index (κ3) is 4.60. The fourth-order valence-electron chi connectivity index (χ4n) is 2.12. The Morgan fingerprint density at radius 2 is 2.06 bits per heavy atom. The highest BCUT2D eigenvalue weighted by Gasteiger charge is 2.26. The minimum atomic E-state index is -1.28. The molecule has 0 heterocycles. The van der Waals surface area contributed by atoms with E-state index in [1.54, 1.807) is 0 Å². The molecular formula is C11H19N3O4. The van der Waals surface area contributed by atoms with Crippen molar-refractivity contribution in [3.63, 3.8) is 0 Å². The number of rotatable bonds is 5. The predicted octanol–water partition coefficient (Wildman–Crippen LogP) is -0.197. The standard InChI is InChI=1S/C11H19N3O4/c1-6-2-3-7(4-6)13-11(18)14-8(10(16)17)5-9(12)15/h6-8H,2-5H2,1H3,(H2,12,15)(H,16,17)(H2,13,14,18)/t6?,7?,8-/m0/s1. The van der Waals surface area contributed by atoms with Gasteiger partial charge in [-0.25, -0.2) is 9.59 Å². The van der Waals surface area contributed by atoms with Gasteiger partial charge in [-0.2, -0.15) is 0 Å².